The number of nitrogen functional groups attached to an aromatic ring is 1. The highest BCUT2D eigenvalue weighted by molar-refractivity contribution is 9.10. The first-order chi connectivity index (χ1) is 10.6. The second kappa shape index (κ2) is 5.98. The molecule has 110 valence electrons. The second-order valence-corrected chi connectivity index (χ2v) is 5.52. The number of hydrogen-bond acceptors (Lipinski definition) is 4. The number of nitrogens with two attached hydrogens (primary N) is 1. The number of anilines is 1. The van der Waals surface area contributed by atoms with E-state index in [0.717, 1.165) is 10.0 Å². The Morgan fingerprint density at radius 2 is 1.77 bits per heavy atom. The fraction of sp³-hybridized carbons (Fsp3) is 0. The molecule has 4 N–H and O–H groups in total. The number of rotatable bonds is 3. The highest BCUT2D eigenvalue weighted by Crippen LogP contribution is 2.27. The number of azo groups is 1. The maximum absolute atomic E-state index is 11.9. The highest BCUT2D eigenvalue weighted by Gasteiger charge is 2.11. The molecule has 0 fully saturated rings. The number of halogens is 1. The Labute approximate surface area is 134 Å². The summed E-state index contributed by atoms with van der Waals surface area (Å²) in [6, 6.07) is 14.5. The average Bonchev–Trinajstić information content (AvgIpc) is 2.87. The van der Waals surface area contributed by atoms with Gasteiger partial charge in [0.2, 0.25) is 0 Å². The summed E-state index contributed by atoms with van der Waals surface area (Å²) in [5, 5.41) is 13.5. The van der Waals surface area contributed by atoms with Gasteiger partial charge in [-0.25, -0.2) is 0 Å². The van der Waals surface area contributed by atoms with Gasteiger partial charge in [0.15, 0.2) is 5.69 Å². The first-order valence-electron chi connectivity index (χ1n) is 6.47. The van der Waals surface area contributed by atoms with Gasteiger partial charge in [0.25, 0.3) is 5.56 Å². The standard InChI is InChI=1S/C15H12BrN5O/c16-10-2-1-3-12(8-10)18-20-14-13(19-21-15(14)22)9-4-6-11(17)7-5-9/h1-8H,17H2,(H2,19,21,22). The summed E-state index contributed by atoms with van der Waals surface area (Å²) in [6.07, 6.45) is 0. The van der Waals surface area contributed by atoms with E-state index in [-0.39, 0.29) is 11.2 Å². The molecule has 0 aliphatic rings. The number of aromatic nitrogens is 2. The van der Waals surface area contributed by atoms with Crippen LogP contribution in [0, 0.1) is 0 Å². The molecule has 7 heteroatoms. The zero-order valence-electron chi connectivity index (χ0n) is 11.4. The zero-order chi connectivity index (χ0) is 15.5. The van der Waals surface area contributed by atoms with Crippen LogP contribution in [-0.4, -0.2) is 10.2 Å². The van der Waals surface area contributed by atoms with Crippen LogP contribution in [0.2, 0.25) is 0 Å². The molecule has 22 heavy (non-hydrogen) atoms. The third-order valence-corrected chi connectivity index (χ3v) is 3.52. The largest absolute Gasteiger partial charge is 0.399 e. The van der Waals surface area contributed by atoms with Crippen molar-refractivity contribution >= 4 is 33.0 Å². The van der Waals surface area contributed by atoms with Crippen molar-refractivity contribution in [3.63, 3.8) is 0 Å². The summed E-state index contributed by atoms with van der Waals surface area (Å²) in [4.78, 5) is 11.9. The topological polar surface area (TPSA) is 99.4 Å². The van der Waals surface area contributed by atoms with Crippen molar-refractivity contribution in [3.8, 4) is 11.3 Å². The summed E-state index contributed by atoms with van der Waals surface area (Å²) in [5.41, 5.74) is 8.25. The molecule has 1 heterocycles. The first-order valence-corrected chi connectivity index (χ1v) is 7.26. The van der Waals surface area contributed by atoms with Gasteiger partial charge in [-0.2, -0.15) is 5.11 Å². The number of aromatic amines is 2. The van der Waals surface area contributed by atoms with Crippen molar-refractivity contribution in [2.24, 2.45) is 10.2 Å². The van der Waals surface area contributed by atoms with E-state index < -0.39 is 0 Å². The summed E-state index contributed by atoms with van der Waals surface area (Å²) in [5.74, 6) is 0. The van der Waals surface area contributed by atoms with Crippen LogP contribution in [0.5, 0.6) is 0 Å². The average molecular weight is 358 g/mol. The Morgan fingerprint density at radius 3 is 2.50 bits per heavy atom. The molecular weight excluding hydrogens is 346 g/mol. The third kappa shape index (κ3) is 2.99. The molecule has 0 spiro atoms. The molecule has 2 aromatic carbocycles. The minimum Gasteiger partial charge on any atom is -0.399 e. The van der Waals surface area contributed by atoms with Gasteiger partial charge in [0.05, 0.1) is 11.4 Å². The van der Waals surface area contributed by atoms with E-state index >= 15 is 0 Å². The lowest BCUT2D eigenvalue weighted by atomic mass is 10.1. The molecular formula is C15H12BrN5O. The number of nitrogens with one attached hydrogen (secondary N) is 2. The van der Waals surface area contributed by atoms with Crippen molar-refractivity contribution in [2.75, 3.05) is 5.73 Å². The van der Waals surface area contributed by atoms with Crippen LogP contribution in [0.25, 0.3) is 11.3 Å². The number of benzene rings is 2. The first kappa shape index (κ1) is 14.3. The smallest absolute Gasteiger partial charge is 0.292 e. The van der Waals surface area contributed by atoms with Crippen LogP contribution in [0.4, 0.5) is 17.1 Å². The molecule has 0 radical (unpaired) electrons. The van der Waals surface area contributed by atoms with E-state index in [9.17, 15) is 4.79 Å². The Morgan fingerprint density at radius 1 is 1.00 bits per heavy atom. The lowest BCUT2D eigenvalue weighted by Gasteiger charge is -1.99. The van der Waals surface area contributed by atoms with E-state index in [1.165, 1.54) is 0 Å². The quantitative estimate of drug-likeness (QED) is 0.484. The number of hydrogen-bond donors (Lipinski definition) is 3. The molecule has 0 saturated heterocycles. The van der Waals surface area contributed by atoms with Crippen molar-refractivity contribution in [2.45, 2.75) is 0 Å². The van der Waals surface area contributed by atoms with Gasteiger partial charge in [0.1, 0.15) is 0 Å². The van der Waals surface area contributed by atoms with E-state index in [4.69, 9.17) is 5.73 Å². The lowest BCUT2D eigenvalue weighted by molar-refractivity contribution is 1.06. The summed E-state index contributed by atoms with van der Waals surface area (Å²) in [6.45, 7) is 0. The molecule has 1 aromatic heterocycles. The molecule has 6 nitrogen and oxygen atoms in total. The molecule has 0 aliphatic carbocycles. The van der Waals surface area contributed by atoms with Gasteiger partial charge >= 0.3 is 0 Å². The maximum Gasteiger partial charge on any atom is 0.292 e. The van der Waals surface area contributed by atoms with E-state index in [1.807, 2.05) is 30.3 Å². The normalized spacial score (nSPS) is 11.1. The van der Waals surface area contributed by atoms with Crippen LogP contribution >= 0.6 is 15.9 Å². The summed E-state index contributed by atoms with van der Waals surface area (Å²) < 4.78 is 0.894. The van der Waals surface area contributed by atoms with Gasteiger partial charge < -0.3 is 5.73 Å². The Balaban J connectivity index is 1.99. The van der Waals surface area contributed by atoms with Crippen LogP contribution in [0.1, 0.15) is 0 Å². The van der Waals surface area contributed by atoms with Gasteiger partial charge in [-0.3, -0.25) is 15.0 Å². The molecule has 0 atom stereocenters. The van der Waals surface area contributed by atoms with Crippen molar-refractivity contribution < 1.29 is 0 Å². The maximum atomic E-state index is 11.9. The monoisotopic (exact) mass is 357 g/mol. The molecule has 3 rings (SSSR count). The van der Waals surface area contributed by atoms with Crippen LogP contribution in [0.3, 0.4) is 0 Å². The highest BCUT2D eigenvalue weighted by atomic mass is 79.9. The minimum absolute atomic E-state index is 0.227. The van der Waals surface area contributed by atoms with Crippen LogP contribution in [0.15, 0.2) is 68.0 Å². The Bertz CT molecular complexity index is 879. The van der Waals surface area contributed by atoms with E-state index in [2.05, 4.69) is 36.4 Å². The van der Waals surface area contributed by atoms with Gasteiger partial charge in [-0.1, -0.05) is 34.1 Å². The third-order valence-electron chi connectivity index (χ3n) is 3.03. The van der Waals surface area contributed by atoms with E-state index in [0.29, 0.717) is 17.1 Å². The molecule has 3 aromatic rings. The molecule has 0 unspecified atom stereocenters. The fourth-order valence-corrected chi connectivity index (χ4v) is 2.34. The summed E-state index contributed by atoms with van der Waals surface area (Å²) >= 11 is 3.37. The molecule has 0 bridgehead atoms. The number of H-pyrrole nitrogens is 2. The molecule has 0 saturated carbocycles. The zero-order valence-corrected chi connectivity index (χ0v) is 13.0. The Kier molecular flexibility index (Phi) is 3.88. The van der Waals surface area contributed by atoms with E-state index in [1.54, 1.807) is 18.2 Å². The van der Waals surface area contributed by atoms with Gasteiger partial charge in [-0.15, -0.1) is 5.11 Å². The van der Waals surface area contributed by atoms with Crippen LogP contribution in [-0.2, 0) is 0 Å². The second-order valence-electron chi connectivity index (χ2n) is 4.60. The lowest BCUT2D eigenvalue weighted by Crippen LogP contribution is -1.96. The SMILES string of the molecule is Nc1ccc(-c2[nH][nH]c(=O)c2N=Nc2cccc(Br)c2)cc1. The minimum atomic E-state index is -0.328. The fourth-order valence-electron chi connectivity index (χ4n) is 1.95. The Hall–Kier alpha value is -2.67. The van der Waals surface area contributed by atoms with Crippen molar-refractivity contribution in [3.05, 3.63) is 63.4 Å². The van der Waals surface area contributed by atoms with Gasteiger partial charge in [-0.05, 0) is 30.3 Å². The predicted octanol–water partition coefficient (Wildman–Crippen LogP) is 4.13. The van der Waals surface area contributed by atoms with Crippen LogP contribution < -0.4 is 11.3 Å². The van der Waals surface area contributed by atoms with Gasteiger partial charge in [0, 0.05) is 15.7 Å². The van der Waals surface area contributed by atoms with Crippen molar-refractivity contribution in [1.82, 2.24) is 10.2 Å². The summed E-state index contributed by atoms with van der Waals surface area (Å²) in [7, 11) is 0. The number of nitrogens with zero attached hydrogens (tertiary/aromatic N) is 2. The van der Waals surface area contributed by atoms with Crippen molar-refractivity contribution in [1.29, 1.82) is 0 Å². The predicted molar refractivity (Wildman–Crippen MR) is 89.6 cm³/mol. The molecule has 0 amide bonds. The molecule has 0 aliphatic heterocycles.